The van der Waals surface area contributed by atoms with E-state index in [0.717, 1.165) is 11.1 Å². The van der Waals surface area contributed by atoms with Gasteiger partial charge in [-0.25, -0.2) is 4.39 Å². The topological polar surface area (TPSA) is 0 Å². The number of benzene rings is 2. The molecule has 0 saturated heterocycles. The van der Waals surface area contributed by atoms with Gasteiger partial charge in [-0.05, 0) is 23.3 Å². The molecular formula is C14H10Cl3F. The number of hydrogen-bond donors (Lipinski definition) is 0. The number of halogens is 4. The van der Waals surface area contributed by atoms with Crippen LogP contribution < -0.4 is 0 Å². The maximum atomic E-state index is 13.0. The zero-order chi connectivity index (χ0) is 13.2. The Bertz CT molecular complexity index is 503. The lowest BCUT2D eigenvalue weighted by Crippen LogP contribution is -2.18. The average Bonchev–Trinajstić information content (AvgIpc) is 2.32. The molecule has 0 bridgehead atoms. The summed E-state index contributed by atoms with van der Waals surface area (Å²) in [7, 11) is 0. The molecule has 2 aromatic rings. The highest BCUT2D eigenvalue weighted by molar-refractivity contribution is 6.68. The molecule has 94 valence electrons. The number of hydrogen-bond acceptors (Lipinski definition) is 0. The van der Waals surface area contributed by atoms with Gasteiger partial charge in [0.25, 0.3) is 0 Å². The van der Waals surface area contributed by atoms with Crippen molar-refractivity contribution in [1.29, 1.82) is 0 Å². The van der Waals surface area contributed by atoms with Gasteiger partial charge in [0.05, 0.1) is 5.92 Å². The maximum absolute atomic E-state index is 13.0. The van der Waals surface area contributed by atoms with Crippen LogP contribution >= 0.6 is 34.8 Å². The normalized spacial score (nSPS) is 13.3. The third-order valence-electron chi connectivity index (χ3n) is 2.66. The highest BCUT2D eigenvalue weighted by Crippen LogP contribution is 2.45. The fraction of sp³-hybridized carbons (Fsp3) is 0.143. The molecule has 0 aromatic heterocycles. The van der Waals surface area contributed by atoms with Crippen molar-refractivity contribution in [3.63, 3.8) is 0 Å². The van der Waals surface area contributed by atoms with Gasteiger partial charge in [0.1, 0.15) is 5.82 Å². The van der Waals surface area contributed by atoms with Crippen molar-refractivity contribution in [2.45, 2.75) is 9.71 Å². The Labute approximate surface area is 120 Å². The lowest BCUT2D eigenvalue weighted by atomic mass is 9.92. The smallest absolute Gasteiger partial charge is 0.201 e. The van der Waals surface area contributed by atoms with Crippen LogP contribution in [0.25, 0.3) is 0 Å². The molecule has 0 aliphatic heterocycles. The molecule has 2 rings (SSSR count). The molecule has 18 heavy (non-hydrogen) atoms. The molecule has 0 saturated carbocycles. The molecule has 0 N–H and O–H groups in total. The first-order chi connectivity index (χ1) is 8.48. The summed E-state index contributed by atoms with van der Waals surface area (Å²) >= 11 is 18.1. The molecular weight excluding hydrogens is 294 g/mol. The van der Waals surface area contributed by atoms with E-state index < -0.39 is 9.71 Å². The van der Waals surface area contributed by atoms with Crippen molar-refractivity contribution < 1.29 is 4.39 Å². The monoisotopic (exact) mass is 302 g/mol. The van der Waals surface area contributed by atoms with Crippen LogP contribution in [0.4, 0.5) is 4.39 Å². The van der Waals surface area contributed by atoms with E-state index in [2.05, 4.69) is 0 Å². The van der Waals surface area contributed by atoms with Crippen molar-refractivity contribution in [1.82, 2.24) is 0 Å². The van der Waals surface area contributed by atoms with Crippen molar-refractivity contribution in [2.24, 2.45) is 0 Å². The van der Waals surface area contributed by atoms with Gasteiger partial charge in [0.15, 0.2) is 0 Å². The summed E-state index contributed by atoms with van der Waals surface area (Å²) in [6, 6.07) is 15.4. The van der Waals surface area contributed by atoms with Crippen LogP contribution in [0.5, 0.6) is 0 Å². The van der Waals surface area contributed by atoms with Crippen LogP contribution in [0.1, 0.15) is 17.0 Å². The van der Waals surface area contributed by atoms with Crippen LogP contribution in [-0.2, 0) is 0 Å². The highest BCUT2D eigenvalue weighted by Gasteiger charge is 2.35. The third kappa shape index (κ3) is 3.17. The van der Waals surface area contributed by atoms with Gasteiger partial charge in [0, 0.05) is 0 Å². The highest BCUT2D eigenvalue weighted by atomic mass is 35.6. The summed E-state index contributed by atoms with van der Waals surface area (Å²) in [6.45, 7) is 0. The van der Waals surface area contributed by atoms with E-state index in [-0.39, 0.29) is 5.82 Å². The zero-order valence-corrected chi connectivity index (χ0v) is 11.6. The molecule has 0 nitrogen and oxygen atoms in total. The molecule has 0 amide bonds. The fourth-order valence-electron chi connectivity index (χ4n) is 1.87. The predicted molar refractivity (Wildman–Crippen MR) is 75.0 cm³/mol. The summed E-state index contributed by atoms with van der Waals surface area (Å²) < 4.78 is 11.5. The van der Waals surface area contributed by atoms with Gasteiger partial charge in [-0.2, -0.15) is 0 Å². The number of rotatable bonds is 2. The first kappa shape index (κ1) is 13.7. The lowest BCUT2D eigenvalue weighted by molar-refractivity contribution is 0.626. The van der Waals surface area contributed by atoms with Gasteiger partial charge < -0.3 is 0 Å². The molecule has 1 unspecified atom stereocenters. The maximum Gasteiger partial charge on any atom is 0.201 e. The Hall–Kier alpha value is -0.760. The molecule has 0 heterocycles. The Morgan fingerprint density at radius 1 is 0.778 bits per heavy atom. The van der Waals surface area contributed by atoms with Crippen LogP contribution in [0.2, 0.25) is 0 Å². The molecule has 0 fully saturated rings. The van der Waals surface area contributed by atoms with Gasteiger partial charge in [-0.1, -0.05) is 77.3 Å². The van der Waals surface area contributed by atoms with Gasteiger partial charge >= 0.3 is 0 Å². The van der Waals surface area contributed by atoms with Crippen molar-refractivity contribution in [2.75, 3.05) is 0 Å². The SMILES string of the molecule is Fc1ccc(C(c2ccccc2)C(Cl)(Cl)Cl)cc1. The molecule has 0 radical (unpaired) electrons. The van der Waals surface area contributed by atoms with E-state index in [4.69, 9.17) is 34.8 Å². The van der Waals surface area contributed by atoms with Crippen molar-refractivity contribution >= 4 is 34.8 Å². The summed E-state index contributed by atoms with van der Waals surface area (Å²) in [5, 5.41) is 0. The fourth-order valence-corrected chi connectivity index (χ4v) is 2.63. The Balaban J connectivity index is 2.47. The molecule has 0 aliphatic carbocycles. The van der Waals surface area contributed by atoms with E-state index >= 15 is 0 Å². The Morgan fingerprint density at radius 3 is 1.78 bits per heavy atom. The minimum Gasteiger partial charge on any atom is -0.207 e. The lowest BCUT2D eigenvalue weighted by Gasteiger charge is -2.25. The largest absolute Gasteiger partial charge is 0.207 e. The predicted octanol–water partition coefficient (Wildman–Crippen LogP) is 5.33. The Kier molecular flexibility index (Phi) is 4.16. The molecule has 2 aromatic carbocycles. The zero-order valence-electron chi connectivity index (χ0n) is 9.29. The molecule has 4 heteroatoms. The van der Waals surface area contributed by atoms with Crippen molar-refractivity contribution in [3.05, 3.63) is 71.5 Å². The van der Waals surface area contributed by atoms with E-state index in [0.29, 0.717) is 0 Å². The Morgan fingerprint density at radius 2 is 1.28 bits per heavy atom. The molecule has 1 atom stereocenters. The van der Waals surface area contributed by atoms with Crippen molar-refractivity contribution in [3.8, 4) is 0 Å². The molecule has 0 spiro atoms. The second-order valence-corrected chi connectivity index (χ2v) is 6.31. The van der Waals surface area contributed by atoms with Crippen LogP contribution in [-0.4, -0.2) is 3.79 Å². The number of alkyl halides is 3. The minimum atomic E-state index is -1.49. The van der Waals surface area contributed by atoms with Gasteiger partial charge in [-0.3, -0.25) is 0 Å². The summed E-state index contributed by atoms with van der Waals surface area (Å²) in [6.07, 6.45) is 0. The van der Waals surface area contributed by atoms with Gasteiger partial charge in [0.2, 0.25) is 3.79 Å². The van der Waals surface area contributed by atoms with E-state index in [1.54, 1.807) is 12.1 Å². The molecule has 0 aliphatic rings. The van der Waals surface area contributed by atoms with Crippen LogP contribution in [0, 0.1) is 5.82 Å². The van der Waals surface area contributed by atoms with Crippen LogP contribution in [0.15, 0.2) is 54.6 Å². The quantitative estimate of drug-likeness (QED) is 0.658. The first-order valence-electron chi connectivity index (χ1n) is 5.35. The summed E-state index contributed by atoms with van der Waals surface area (Å²) in [4.78, 5) is 0. The minimum absolute atomic E-state index is 0.310. The third-order valence-corrected chi connectivity index (χ3v) is 3.32. The second-order valence-electron chi connectivity index (χ2n) is 3.94. The average molecular weight is 304 g/mol. The summed E-state index contributed by atoms with van der Waals surface area (Å²) in [5.41, 5.74) is 1.65. The van der Waals surface area contributed by atoms with E-state index in [1.807, 2.05) is 30.3 Å². The first-order valence-corrected chi connectivity index (χ1v) is 6.49. The van der Waals surface area contributed by atoms with Gasteiger partial charge in [-0.15, -0.1) is 0 Å². The van der Waals surface area contributed by atoms with E-state index in [9.17, 15) is 4.39 Å². The van der Waals surface area contributed by atoms with Crippen LogP contribution in [0.3, 0.4) is 0 Å². The standard InChI is InChI=1S/C14H10Cl3F/c15-14(16,17)13(10-4-2-1-3-5-10)11-6-8-12(18)9-7-11/h1-9,13H. The van der Waals surface area contributed by atoms with E-state index in [1.165, 1.54) is 12.1 Å². The summed E-state index contributed by atoms with van der Waals surface area (Å²) in [5.74, 6) is -0.737. The second kappa shape index (κ2) is 5.48.